The minimum absolute atomic E-state index is 0.353. The lowest BCUT2D eigenvalue weighted by Crippen LogP contribution is -2.41. The van der Waals surface area contributed by atoms with Gasteiger partial charge in [-0.1, -0.05) is 22.2 Å². The van der Waals surface area contributed by atoms with Crippen LogP contribution in [0.15, 0.2) is 24.3 Å². The van der Waals surface area contributed by atoms with Crippen LogP contribution in [-0.2, 0) is 0 Å². The smallest absolute Gasteiger partial charge is 0.267 e. The Morgan fingerprint density at radius 2 is 2.00 bits per heavy atom. The van der Waals surface area contributed by atoms with Gasteiger partial charge in [0.2, 0.25) is 0 Å². The number of hydrazine groups is 1. The highest BCUT2D eigenvalue weighted by Gasteiger charge is 2.14. The average molecular weight is 297 g/mol. The molecule has 0 aliphatic carbocycles. The van der Waals surface area contributed by atoms with Crippen LogP contribution in [0.2, 0.25) is 5.02 Å². The molecule has 0 aliphatic heterocycles. The number of aromatic nitrogens is 2. The van der Waals surface area contributed by atoms with E-state index in [-0.39, 0.29) is 0 Å². The number of hydrogen-bond acceptors (Lipinski definition) is 5. The molecule has 1 aromatic carbocycles. The van der Waals surface area contributed by atoms with E-state index < -0.39 is 11.8 Å². The summed E-state index contributed by atoms with van der Waals surface area (Å²) in [6, 6.07) is 6.40. The number of carbonyl (C=O) groups is 2. The Hall–Kier alpha value is -1.99. The van der Waals surface area contributed by atoms with Crippen LogP contribution in [0.3, 0.4) is 0 Å². The zero-order chi connectivity index (χ0) is 13.8. The van der Waals surface area contributed by atoms with Crippen molar-refractivity contribution in [3.63, 3.8) is 0 Å². The third kappa shape index (κ3) is 3.27. The van der Waals surface area contributed by atoms with Crippen molar-refractivity contribution in [2.24, 2.45) is 0 Å². The number of nitrogens with zero attached hydrogens (tertiary/aromatic N) is 2. The standard InChI is InChI=1S/C11H9ClN4O2S/c1-6-9(19-16-13-6)11(18)15-14-10(17)7-3-2-4-8(12)5-7/h2-5H,1H3,(H,14,17)(H,15,18). The van der Waals surface area contributed by atoms with E-state index in [9.17, 15) is 9.59 Å². The van der Waals surface area contributed by atoms with Crippen molar-refractivity contribution < 1.29 is 9.59 Å². The molecule has 2 aromatic rings. The number of benzene rings is 1. The Morgan fingerprint density at radius 3 is 2.63 bits per heavy atom. The van der Waals surface area contributed by atoms with E-state index in [2.05, 4.69) is 20.4 Å². The SMILES string of the molecule is Cc1nnsc1C(=O)NNC(=O)c1cccc(Cl)c1. The molecule has 0 aliphatic rings. The Kier molecular flexibility index (Phi) is 4.08. The molecule has 1 heterocycles. The van der Waals surface area contributed by atoms with E-state index in [1.54, 1.807) is 25.1 Å². The molecule has 1 aromatic heterocycles. The topological polar surface area (TPSA) is 84.0 Å². The average Bonchev–Trinajstić information content (AvgIpc) is 2.82. The molecule has 98 valence electrons. The number of rotatable bonds is 2. The van der Waals surface area contributed by atoms with Gasteiger partial charge < -0.3 is 0 Å². The fraction of sp³-hybridized carbons (Fsp3) is 0.0909. The van der Waals surface area contributed by atoms with Crippen molar-refractivity contribution in [1.29, 1.82) is 0 Å². The van der Waals surface area contributed by atoms with Crippen LogP contribution in [0.5, 0.6) is 0 Å². The maximum atomic E-state index is 11.7. The molecule has 0 bridgehead atoms. The monoisotopic (exact) mass is 296 g/mol. The lowest BCUT2D eigenvalue weighted by Gasteiger charge is -2.06. The maximum absolute atomic E-state index is 11.7. The molecule has 2 rings (SSSR count). The molecule has 0 radical (unpaired) electrons. The summed E-state index contributed by atoms with van der Waals surface area (Å²) in [7, 11) is 0. The first kappa shape index (κ1) is 13.4. The lowest BCUT2D eigenvalue weighted by atomic mass is 10.2. The van der Waals surface area contributed by atoms with E-state index in [1.807, 2.05) is 0 Å². The van der Waals surface area contributed by atoms with Crippen LogP contribution in [0.25, 0.3) is 0 Å². The highest BCUT2D eigenvalue weighted by atomic mass is 35.5. The summed E-state index contributed by atoms with van der Waals surface area (Å²) in [5.74, 6) is -0.908. The van der Waals surface area contributed by atoms with Gasteiger partial charge in [-0.3, -0.25) is 20.4 Å². The van der Waals surface area contributed by atoms with Gasteiger partial charge in [0.05, 0.1) is 5.69 Å². The maximum Gasteiger partial charge on any atom is 0.283 e. The van der Waals surface area contributed by atoms with Crippen LogP contribution in [0.4, 0.5) is 0 Å². The predicted molar refractivity (Wildman–Crippen MR) is 71.0 cm³/mol. The second kappa shape index (κ2) is 5.77. The fourth-order valence-corrected chi connectivity index (χ4v) is 2.05. The van der Waals surface area contributed by atoms with Crippen molar-refractivity contribution in [1.82, 2.24) is 20.4 Å². The first-order chi connectivity index (χ1) is 9.08. The van der Waals surface area contributed by atoms with Crippen LogP contribution in [-0.4, -0.2) is 21.4 Å². The molecule has 0 spiro atoms. The Labute approximate surface area is 117 Å². The van der Waals surface area contributed by atoms with Crippen molar-refractivity contribution in [2.75, 3.05) is 0 Å². The normalized spacial score (nSPS) is 10.0. The van der Waals surface area contributed by atoms with Gasteiger partial charge in [-0.05, 0) is 36.7 Å². The van der Waals surface area contributed by atoms with Crippen molar-refractivity contribution in [2.45, 2.75) is 6.92 Å². The van der Waals surface area contributed by atoms with Crippen molar-refractivity contribution in [3.05, 3.63) is 45.4 Å². The molecule has 8 heteroatoms. The van der Waals surface area contributed by atoms with Gasteiger partial charge in [-0.15, -0.1) is 5.10 Å². The molecule has 2 amide bonds. The minimum Gasteiger partial charge on any atom is -0.267 e. The zero-order valence-corrected chi connectivity index (χ0v) is 11.4. The fourth-order valence-electron chi connectivity index (χ4n) is 1.31. The summed E-state index contributed by atoms with van der Waals surface area (Å²) in [5, 5.41) is 4.16. The highest BCUT2D eigenvalue weighted by Crippen LogP contribution is 2.10. The number of nitrogens with one attached hydrogen (secondary N) is 2. The van der Waals surface area contributed by atoms with Gasteiger partial charge in [0, 0.05) is 10.6 Å². The molecule has 0 unspecified atom stereocenters. The quantitative estimate of drug-likeness (QED) is 0.824. The van der Waals surface area contributed by atoms with E-state index in [4.69, 9.17) is 11.6 Å². The molecule has 0 atom stereocenters. The van der Waals surface area contributed by atoms with Gasteiger partial charge in [0.15, 0.2) is 0 Å². The largest absolute Gasteiger partial charge is 0.283 e. The summed E-state index contributed by atoms with van der Waals surface area (Å²) < 4.78 is 3.64. The van der Waals surface area contributed by atoms with Crippen molar-refractivity contribution >= 4 is 34.9 Å². The van der Waals surface area contributed by atoms with E-state index >= 15 is 0 Å². The third-order valence-electron chi connectivity index (χ3n) is 2.23. The third-order valence-corrected chi connectivity index (χ3v) is 3.30. The molecule has 6 nitrogen and oxygen atoms in total. The van der Waals surface area contributed by atoms with E-state index in [0.29, 0.717) is 21.2 Å². The second-order valence-corrected chi connectivity index (χ2v) is 4.80. The number of hydrogen-bond donors (Lipinski definition) is 2. The van der Waals surface area contributed by atoms with Crippen LogP contribution >= 0.6 is 23.1 Å². The molecule has 2 N–H and O–H groups in total. The summed E-state index contributed by atoms with van der Waals surface area (Å²) in [6.45, 7) is 1.66. The first-order valence-corrected chi connectivity index (χ1v) is 6.38. The molecule has 0 fully saturated rings. The van der Waals surface area contributed by atoms with Gasteiger partial charge >= 0.3 is 0 Å². The number of aryl methyl sites for hydroxylation is 1. The van der Waals surface area contributed by atoms with Gasteiger partial charge in [-0.25, -0.2) is 0 Å². The van der Waals surface area contributed by atoms with E-state index in [0.717, 1.165) is 11.5 Å². The number of halogens is 1. The van der Waals surface area contributed by atoms with Gasteiger partial charge in [0.1, 0.15) is 4.88 Å². The second-order valence-electron chi connectivity index (χ2n) is 3.61. The summed E-state index contributed by atoms with van der Waals surface area (Å²) in [4.78, 5) is 23.8. The Balaban J connectivity index is 1.98. The molecule has 0 saturated carbocycles. The first-order valence-electron chi connectivity index (χ1n) is 5.23. The molecule has 0 saturated heterocycles. The van der Waals surface area contributed by atoms with Crippen LogP contribution < -0.4 is 10.9 Å². The summed E-state index contributed by atoms with van der Waals surface area (Å²) >= 11 is 6.73. The number of amides is 2. The Bertz CT molecular complexity index is 629. The molecular formula is C11H9ClN4O2S. The predicted octanol–water partition coefficient (Wildman–Crippen LogP) is 1.57. The highest BCUT2D eigenvalue weighted by molar-refractivity contribution is 7.07. The molecule has 19 heavy (non-hydrogen) atoms. The number of carbonyl (C=O) groups excluding carboxylic acids is 2. The molecular weight excluding hydrogens is 288 g/mol. The van der Waals surface area contributed by atoms with Crippen LogP contribution in [0, 0.1) is 6.92 Å². The zero-order valence-electron chi connectivity index (χ0n) is 9.81. The minimum atomic E-state index is -0.456. The van der Waals surface area contributed by atoms with E-state index in [1.165, 1.54) is 6.07 Å². The van der Waals surface area contributed by atoms with Crippen LogP contribution in [0.1, 0.15) is 25.7 Å². The Morgan fingerprint density at radius 1 is 1.26 bits per heavy atom. The van der Waals surface area contributed by atoms with Gasteiger partial charge in [0.25, 0.3) is 11.8 Å². The summed E-state index contributed by atoms with van der Waals surface area (Å²) in [5.41, 5.74) is 5.45. The van der Waals surface area contributed by atoms with Crippen molar-refractivity contribution in [3.8, 4) is 0 Å². The summed E-state index contributed by atoms with van der Waals surface area (Å²) in [6.07, 6.45) is 0. The van der Waals surface area contributed by atoms with Gasteiger partial charge in [-0.2, -0.15) is 0 Å². The lowest BCUT2D eigenvalue weighted by molar-refractivity contribution is 0.0848.